The third-order valence-corrected chi connectivity index (χ3v) is 3.83. The van der Waals surface area contributed by atoms with Crippen molar-refractivity contribution in [2.75, 3.05) is 19.6 Å². The minimum absolute atomic E-state index is 0.238. The fraction of sp³-hybridized carbons (Fsp3) is 0.571. The summed E-state index contributed by atoms with van der Waals surface area (Å²) in [6.45, 7) is 5.96. The second kappa shape index (κ2) is 6.12. The van der Waals surface area contributed by atoms with Crippen LogP contribution >= 0.6 is 0 Å². The number of phenolic OH excluding ortho intramolecular Hbond substituents is 3. The molecule has 5 nitrogen and oxygen atoms in total. The van der Waals surface area contributed by atoms with E-state index in [1.54, 1.807) is 6.07 Å². The van der Waals surface area contributed by atoms with Crippen molar-refractivity contribution in [3.63, 3.8) is 0 Å². The van der Waals surface area contributed by atoms with E-state index in [2.05, 4.69) is 17.1 Å². The maximum absolute atomic E-state index is 9.73. The number of phenols is 3. The van der Waals surface area contributed by atoms with Crippen LogP contribution in [0.1, 0.15) is 25.3 Å². The molecule has 106 valence electrons. The zero-order valence-electron chi connectivity index (χ0n) is 11.3. The molecule has 19 heavy (non-hydrogen) atoms. The quantitative estimate of drug-likeness (QED) is 0.619. The van der Waals surface area contributed by atoms with Gasteiger partial charge in [-0.25, -0.2) is 0 Å². The van der Waals surface area contributed by atoms with Gasteiger partial charge in [-0.2, -0.15) is 0 Å². The van der Waals surface area contributed by atoms with E-state index in [9.17, 15) is 15.3 Å². The fourth-order valence-corrected chi connectivity index (χ4v) is 2.46. The lowest BCUT2D eigenvalue weighted by Crippen LogP contribution is -2.42. The molecule has 1 aromatic carbocycles. The van der Waals surface area contributed by atoms with Crippen molar-refractivity contribution >= 4 is 0 Å². The molecule has 0 unspecified atom stereocenters. The van der Waals surface area contributed by atoms with Crippen LogP contribution in [-0.4, -0.2) is 45.9 Å². The van der Waals surface area contributed by atoms with Crippen molar-refractivity contribution in [3.8, 4) is 17.2 Å². The molecule has 1 aromatic rings. The predicted octanol–water partition coefficient (Wildman–Crippen LogP) is 1.38. The Labute approximate surface area is 113 Å². The normalized spacial score (nSPS) is 17.7. The van der Waals surface area contributed by atoms with Gasteiger partial charge in [0.05, 0.1) is 0 Å². The van der Waals surface area contributed by atoms with E-state index in [-0.39, 0.29) is 11.5 Å². The van der Waals surface area contributed by atoms with Gasteiger partial charge in [0.15, 0.2) is 11.5 Å². The van der Waals surface area contributed by atoms with Crippen molar-refractivity contribution in [1.82, 2.24) is 10.2 Å². The van der Waals surface area contributed by atoms with E-state index in [0.717, 1.165) is 32.5 Å². The molecule has 1 heterocycles. The van der Waals surface area contributed by atoms with Gasteiger partial charge in [0.2, 0.25) is 5.75 Å². The van der Waals surface area contributed by atoms with Gasteiger partial charge < -0.3 is 25.5 Å². The van der Waals surface area contributed by atoms with E-state index in [1.165, 1.54) is 6.07 Å². The Balaban J connectivity index is 1.88. The molecule has 0 amide bonds. The van der Waals surface area contributed by atoms with Crippen LogP contribution in [0.4, 0.5) is 0 Å². The van der Waals surface area contributed by atoms with Crippen LogP contribution in [0.25, 0.3) is 0 Å². The van der Waals surface area contributed by atoms with Gasteiger partial charge in [0.1, 0.15) is 0 Å². The Bertz CT molecular complexity index is 429. The van der Waals surface area contributed by atoms with Crippen molar-refractivity contribution in [3.05, 3.63) is 17.7 Å². The van der Waals surface area contributed by atoms with Gasteiger partial charge in [0.25, 0.3) is 0 Å². The zero-order valence-corrected chi connectivity index (χ0v) is 11.3. The summed E-state index contributed by atoms with van der Waals surface area (Å²) in [6, 6.07) is 3.46. The lowest BCUT2D eigenvalue weighted by molar-refractivity contribution is 0.205. The summed E-state index contributed by atoms with van der Waals surface area (Å²) in [5.41, 5.74) is 0.605. The summed E-state index contributed by atoms with van der Waals surface area (Å²) < 4.78 is 0. The largest absolute Gasteiger partial charge is 0.504 e. The summed E-state index contributed by atoms with van der Waals surface area (Å²) in [4.78, 5) is 2.42. The number of likely N-dealkylation sites (tertiary alicyclic amines) is 1. The Morgan fingerprint density at radius 2 is 1.84 bits per heavy atom. The van der Waals surface area contributed by atoms with E-state index < -0.39 is 5.75 Å². The van der Waals surface area contributed by atoms with Gasteiger partial charge >= 0.3 is 0 Å². The van der Waals surface area contributed by atoms with Crippen LogP contribution in [0.3, 0.4) is 0 Å². The van der Waals surface area contributed by atoms with E-state index in [0.29, 0.717) is 18.2 Å². The molecule has 0 bridgehead atoms. The Kier molecular flexibility index (Phi) is 4.50. The molecule has 2 rings (SSSR count). The molecule has 0 atom stereocenters. The minimum Gasteiger partial charge on any atom is -0.504 e. The molecule has 0 saturated carbocycles. The monoisotopic (exact) mass is 266 g/mol. The van der Waals surface area contributed by atoms with Crippen LogP contribution < -0.4 is 5.32 Å². The number of aromatic hydroxyl groups is 3. The molecule has 4 N–H and O–H groups in total. The minimum atomic E-state index is -0.444. The molecule has 1 fully saturated rings. The molecule has 0 aromatic heterocycles. The van der Waals surface area contributed by atoms with Crippen LogP contribution in [0.15, 0.2) is 12.1 Å². The third-order valence-electron chi connectivity index (χ3n) is 3.83. The number of nitrogens with one attached hydrogen (secondary N) is 1. The van der Waals surface area contributed by atoms with E-state index >= 15 is 0 Å². The van der Waals surface area contributed by atoms with Crippen LogP contribution in [-0.2, 0) is 6.54 Å². The van der Waals surface area contributed by atoms with Crippen molar-refractivity contribution in [2.45, 2.75) is 32.4 Å². The summed E-state index contributed by atoms with van der Waals surface area (Å²) in [5, 5.41) is 31.8. The molecular formula is C14H22N2O3. The second-order valence-corrected chi connectivity index (χ2v) is 5.03. The Hall–Kier alpha value is -1.46. The number of hydrogen-bond acceptors (Lipinski definition) is 5. The number of benzene rings is 1. The maximum Gasteiger partial charge on any atom is 0.200 e. The average molecular weight is 266 g/mol. The molecule has 1 aliphatic rings. The van der Waals surface area contributed by atoms with Crippen molar-refractivity contribution in [1.29, 1.82) is 0 Å². The van der Waals surface area contributed by atoms with Gasteiger partial charge in [-0.15, -0.1) is 0 Å². The highest BCUT2D eigenvalue weighted by Gasteiger charge is 2.18. The fourth-order valence-electron chi connectivity index (χ4n) is 2.46. The first-order valence-electron chi connectivity index (χ1n) is 6.80. The molecule has 0 aliphatic carbocycles. The SMILES string of the molecule is CCN1CCC(NCc2ccc(O)c(O)c2O)CC1. The first-order valence-corrected chi connectivity index (χ1v) is 6.80. The van der Waals surface area contributed by atoms with Crippen LogP contribution in [0.2, 0.25) is 0 Å². The number of rotatable bonds is 4. The molecule has 0 spiro atoms. The Morgan fingerprint density at radius 3 is 2.47 bits per heavy atom. The van der Waals surface area contributed by atoms with Gasteiger partial charge in [-0.3, -0.25) is 0 Å². The molecular weight excluding hydrogens is 244 g/mol. The lowest BCUT2D eigenvalue weighted by atomic mass is 10.0. The average Bonchev–Trinajstić information content (AvgIpc) is 2.45. The summed E-state index contributed by atoms with van der Waals surface area (Å²) >= 11 is 0. The standard InChI is InChI=1S/C14H22N2O3/c1-2-16-7-5-11(6-8-16)15-9-10-3-4-12(17)14(19)13(10)18/h3-4,11,15,17-19H,2,5-9H2,1H3. The summed E-state index contributed by atoms with van der Waals surface area (Å²) in [6.07, 6.45) is 2.19. The van der Waals surface area contributed by atoms with Crippen LogP contribution in [0.5, 0.6) is 17.2 Å². The van der Waals surface area contributed by atoms with Crippen molar-refractivity contribution in [2.24, 2.45) is 0 Å². The van der Waals surface area contributed by atoms with E-state index in [1.807, 2.05) is 0 Å². The Morgan fingerprint density at radius 1 is 1.16 bits per heavy atom. The molecule has 1 aliphatic heterocycles. The first kappa shape index (κ1) is 14.0. The second-order valence-electron chi connectivity index (χ2n) is 5.03. The number of hydrogen-bond donors (Lipinski definition) is 4. The topological polar surface area (TPSA) is 76.0 Å². The smallest absolute Gasteiger partial charge is 0.200 e. The number of nitrogens with zero attached hydrogens (tertiary/aromatic N) is 1. The highest BCUT2D eigenvalue weighted by atomic mass is 16.3. The maximum atomic E-state index is 9.73. The molecule has 5 heteroatoms. The summed E-state index contributed by atoms with van der Waals surface area (Å²) in [7, 11) is 0. The first-order chi connectivity index (χ1) is 9.11. The van der Waals surface area contributed by atoms with E-state index in [4.69, 9.17) is 0 Å². The molecule has 0 radical (unpaired) electrons. The van der Waals surface area contributed by atoms with Crippen LogP contribution in [0, 0.1) is 0 Å². The van der Waals surface area contributed by atoms with Gasteiger partial charge in [-0.05, 0) is 38.5 Å². The highest BCUT2D eigenvalue weighted by Crippen LogP contribution is 2.36. The van der Waals surface area contributed by atoms with Gasteiger partial charge in [0, 0.05) is 18.2 Å². The molecule has 1 saturated heterocycles. The predicted molar refractivity (Wildman–Crippen MR) is 73.4 cm³/mol. The lowest BCUT2D eigenvalue weighted by Gasteiger charge is -2.31. The van der Waals surface area contributed by atoms with Crippen molar-refractivity contribution < 1.29 is 15.3 Å². The zero-order chi connectivity index (χ0) is 13.8. The highest BCUT2D eigenvalue weighted by molar-refractivity contribution is 5.52. The van der Waals surface area contributed by atoms with Gasteiger partial charge in [-0.1, -0.05) is 13.0 Å². The summed E-state index contributed by atoms with van der Waals surface area (Å²) in [5.74, 6) is -0.976. The number of piperidine rings is 1. The third kappa shape index (κ3) is 3.30.